The van der Waals surface area contributed by atoms with E-state index in [-0.39, 0.29) is 18.1 Å². The van der Waals surface area contributed by atoms with Crippen LogP contribution in [0.25, 0.3) is 0 Å². The molecule has 3 fully saturated rings. The third kappa shape index (κ3) is 3.44. The second kappa shape index (κ2) is 6.95. The Morgan fingerprint density at radius 3 is 2.24 bits per heavy atom. The van der Waals surface area contributed by atoms with E-state index >= 15 is 0 Å². The van der Waals surface area contributed by atoms with E-state index in [4.69, 9.17) is 9.90 Å². The highest BCUT2D eigenvalue weighted by Crippen LogP contribution is 2.47. The molecule has 0 aliphatic carbocycles. The van der Waals surface area contributed by atoms with Crippen LogP contribution in [0.1, 0.15) is 19.8 Å². The first-order chi connectivity index (χ1) is 11.9. The number of carboxylic acids is 1. The van der Waals surface area contributed by atoms with E-state index in [0.717, 1.165) is 45.0 Å². The zero-order valence-electron chi connectivity index (χ0n) is 13.8. The van der Waals surface area contributed by atoms with E-state index in [9.17, 15) is 13.6 Å². The molecule has 3 heterocycles. The number of benzene rings is 1. The van der Waals surface area contributed by atoms with Crippen LogP contribution >= 0.6 is 0 Å². The summed E-state index contributed by atoms with van der Waals surface area (Å²) in [6, 6.07) is 3.80. The minimum atomic E-state index is -0.946. The molecule has 8 heteroatoms. The second-order valence-corrected chi connectivity index (χ2v) is 6.68. The van der Waals surface area contributed by atoms with Crippen LogP contribution in [0.3, 0.4) is 0 Å². The van der Waals surface area contributed by atoms with Gasteiger partial charge in [-0.2, -0.15) is 0 Å². The topological polar surface area (TPSA) is 81.7 Å². The molecule has 25 heavy (non-hydrogen) atoms. The van der Waals surface area contributed by atoms with Crippen molar-refractivity contribution in [1.29, 1.82) is 0 Å². The van der Waals surface area contributed by atoms with E-state index in [2.05, 4.69) is 10.6 Å². The van der Waals surface area contributed by atoms with E-state index in [1.54, 1.807) is 0 Å². The van der Waals surface area contributed by atoms with Crippen LogP contribution in [0, 0.1) is 23.5 Å². The first-order valence-corrected chi connectivity index (χ1v) is 8.33. The Labute approximate surface area is 144 Å². The number of rotatable bonds is 1. The second-order valence-electron chi connectivity index (χ2n) is 6.68. The highest BCUT2D eigenvalue weighted by atomic mass is 19.2. The Kier molecular flexibility index (Phi) is 4.89. The number of anilines is 1. The van der Waals surface area contributed by atoms with Gasteiger partial charge >= 0.3 is 6.03 Å². The molecule has 4 rings (SSSR count). The predicted molar refractivity (Wildman–Crippen MR) is 87.2 cm³/mol. The summed E-state index contributed by atoms with van der Waals surface area (Å²) in [4.78, 5) is 23.4. The van der Waals surface area contributed by atoms with Crippen molar-refractivity contribution in [2.24, 2.45) is 11.8 Å². The molecule has 3 aliphatic rings. The number of carboxylic acid groups (broad SMARTS) is 1. The molecule has 0 unspecified atom stereocenters. The Morgan fingerprint density at radius 2 is 1.72 bits per heavy atom. The lowest BCUT2D eigenvalue weighted by atomic mass is 9.82. The number of urea groups is 1. The van der Waals surface area contributed by atoms with Crippen LogP contribution in [0.5, 0.6) is 0 Å². The minimum Gasteiger partial charge on any atom is -0.481 e. The van der Waals surface area contributed by atoms with Gasteiger partial charge in [-0.05, 0) is 36.8 Å². The average Bonchev–Trinajstić information content (AvgIpc) is 3.21. The van der Waals surface area contributed by atoms with Gasteiger partial charge in [-0.1, -0.05) is 0 Å². The van der Waals surface area contributed by atoms with Gasteiger partial charge in [0.2, 0.25) is 0 Å². The summed E-state index contributed by atoms with van der Waals surface area (Å²) in [5.41, 5.74) is 0.300. The van der Waals surface area contributed by atoms with Gasteiger partial charge in [0, 0.05) is 43.9 Å². The summed E-state index contributed by atoms with van der Waals surface area (Å²) < 4.78 is 26.1. The number of hydrogen-bond donors (Lipinski definition) is 3. The fourth-order valence-corrected chi connectivity index (χ4v) is 4.33. The Balaban J connectivity index is 0.000000415. The van der Waals surface area contributed by atoms with Crippen LogP contribution in [-0.4, -0.2) is 47.2 Å². The summed E-state index contributed by atoms with van der Waals surface area (Å²) in [7, 11) is 0. The number of aliphatic carboxylic acids is 1. The minimum absolute atomic E-state index is 0.192. The standard InChI is InChI=1S/C15H17F2N3O.C2H4O2/c16-11-2-1-8(5-12(11)17)19-15(21)20-13-3-4-14(20)10-7-18-6-9(10)13;1-2(3)4/h1-2,5,9-10,13-14,18H,3-4,6-7H2,(H,19,21);1H3,(H,3,4)/t9-,10+,13-,14+;. The Bertz CT molecular complexity index is 663. The van der Waals surface area contributed by atoms with Gasteiger partial charge in [0.25, 0.3) is 5.97 Å². The van der Waals surface area contributed by atoms with Crippen molar-refractivity contribution in [3.63, 3.8) is 0 Å². The SMILES string of the molecule is CC(=O)O.O=C(Nc1ccc(F)c(F)c1)N1[C@@H]2CC[C@H]1[C@H]1CNC[C@H]12. The zero-order chi connectivity index (χ0) is 18.1. The molecule has 1 aromatic rings. The van der Waals surface area contributed by atoms with Crippen molar-refractivity contribution in [1.82, 2.24) is 10.2 Å². The van der Waals surface area contributed by atoms with Crippen LogP contribution in [0.15, 0.2) is 18.2 Å². The Morgan fingerprint density at radius 1 is 1.16 bits per heavy atom. The molecule has 2 amide bonds. The van der Waals surface area contributed by atoms with Crippen molar-refractivity contribution in [2.75, 3.05) is 18.4 Å². The van der Waals surface area contributed by atoms with E-state index in [1.165, 1.54) is 6.07 Å². The number of nitrogens with zero attached hydrogens (tertiary/aromatic N) is 1. The molecule has 0 saturated carbocycles. The molecule has 3 saturated heterocycles. The van der Waals surface area contributed by atoms with Gasteiger partial charge in [0.15, 0.2) is 11.6 Å². The first-order valence-electron chi connectivity index (χ1n) is 8.33. The molecule has 3 aliphatic heterocycles. The number of nitrogens with one attached hydrogen (secondary N) is 2. The molecule has 0 aromatic heterocycles. The molecule has 6 nitrogen and oxygen atoms in total. The van der Waals surface area contributed by atoms with E-state index < -0.39 is 17.6 Å². The third-order valence-corrected chi connectivity index (χ3v) is 5.18. The summed E-state index contributed by atoms with van der Waals surface area (Å²) in [5.74, 6) is -1.60. The molecule has 136 valence electrons. The van der Waals surface area contributed by atoms with Gasteiger partial charge < -0.3 is 20.6 Å². The summed E-state index contributed by atoms with van der Waals surface area (Å²) in [6.45, 7) is 3.03. The number of halogens is 2. The monoisotopic (exact) mass is 353 g/mol. The van der Waals surface area contributed by atoms with Gasteiger partial charge in [-0.3, -0.25) is 4.79 Å². The van der Waals surface area contributed by atoms with Crippen molar-refractivity contribution in [3.05, 3.63) is 29.8 Å². The fourth-order valence-electron chi connectivity index (χ4n) is 4.33. The van der Waals surface area contributed by atoms with Gasteiger partial charge in [0.1, 0.15) is 0 Å². The molecule has 2 bridgehead atoms. The largest absolute Gasteiger partial charge is 0.481 e. The third-order valence-electron chi connectivity index (χ3n) is 5.18. The maximum Gasteiger partial charge on any atom is 0.322 e. The number of hydrogen-bond acceptors (Lipinski definition) is 3. The maximum absolute atomic E-state index is 13.2. The van der Waals surface area contributed by atoms with E-state index in [0.29, 0.717) is 17.5 Å². The first kappa shape index (κ1) is 17.6. The predicted octanol–water partition coefficient (Wildman–Crippen LogP) is 2.27. The van der Waals surface area contributed by atoms with Crippen LogP contribution in [0.2, 0.25) is 0 Å². The van der Waals surface area contributed by atoms with Crippen LogP contribution in [0.4, 0.5) is 19.3 Å². The number of carbonyl (C=O) groups excluding carboxylic acids is 1. The van der Waals surface area contributed by atoms with Crippen molar-refractivity contribution < 1.29 is 23.5 Å². The smallest absolute Gasteiger partial charge is 0.322 e. The summed E-state index contributed by atoms with van der Waals surface area (Å²) in [5, 5.41) is 13.5. The van der Waals surface area contributed by atoms with Gasteiger partial charge in [0.05, 0.1) is 0 Å². The van der Waals surface area contributed by atoms with Crippen molar-refractivity contribution in [2.45, 2.75) is 31.8 Å². The molecular formula is C17H21F2N3O3. The lowest BCUT2D eigenvalue weighted by molar-refractivity contribution is -0.134. The van der Waals surface area contributed by atoms with Gasteiger partial charge in [-0.25, -0.2) is 13.6 Å². The van der Waals surface area contributed by atoms with Crippen LogP contribution in [-0.2, 0) is 4.79 Å². The summed E-state index contributed by atoms with van der Waals surface area (Å²) >= 11 is 0. The number of carbonyl (C=O) groups is 2. The van der Waals surface area contributed by atoms with Crippen molar-refractivity contribution in [3.8, 4) is 0 Å². The lowest BCUT2D eigenvalue weighted by Crippen LogP contribution is -2.41. The van der Waals surface area contributed by atoms with Crippen LogP contribution < -0.4 is 10.6 Å². The van der Waals surface area contributed by atoms with Crippen molar-refractivity contribution >= 4 is 17.7 Å². The normalized spacial score (nSPS) is 29.0. The molecule has 1 aromatic carbocycles. The molecular weight excluding hydrogens is 332 g/mol. The quantitative estimate of drug-likeness (QED) is 0.723. The number of amides is 2. The highest BCUT2D eigenvalue weighted by molar-refractivity contribution is 5.90. The zero-order valence-corrected chi connectivity index (χ0v) is 13.8. The average molecular weight is 353 g/mol. The fraction of sp³-hybridized carbons (Fsp3) is 0.529. The lowest BCUT2D eigenvalue weighted by Gasteiger charge is -2.25. The van der Waals surface area contributed by atoms with E-state index in [1.807, 2.05) is 4.90 Å². The van der Waals surface area contributed by atoms with Gasteiger partial charge in [-0.15, -0.1) is 0 Å². The summed E-state index contributed by atoms with van der Waals surface area (Å²) in [6.07, 6.45) is 2.08. The molecule has 3 N–H and O–H groups in total. The Hall–Kier alpha value is -2.22. The molecule has 0 radical (unpaired) electrons. The molecule has 0 spiro atoms. The maximum atomic E-state index is 13.2. The molecule has 4 atom stereocenters. The highest BCUT2D eigenvalue weighted by Gasteiger charge is 2.56. The number of fused-ring (bicyclic) bond motifs is 5.